The number of fused-ring (bicyclic) bond motifs is 1. The van der Waals surface area contributed by atoms with Crippen LogP contribution in [0.4, 0.5) is 5.69 Å². The van der Waals surface area contributed by atoms with Crippen LogP contribution in [0.15, 0.2) is 36.7 Å². The van der Waals surface area contributed by atoms with Crippen molar-refractivity contribution in [2.75, 3.05) is 32.6 Å². The maximum absolute atomic E-state index is 12.8. The van der Waals surface area contributed by atoms with E-state index in [1.54, 1.807) is 11.1 Å². The summed E-state index contributed by atoms with van der Waals surface area (Å²) in [6.07, 6.45) is 3.86. The monoisotopic (exact) mass is 339 g/mol. The SMILES string of the molecule is COC(=O)c1cncc2c1CCN(C(=O)c1ccc(N(C)C)cc1)C2. The van der Waals surface area contributed by atoms with E-state index < -0.39 is 0 Å². The number of pyridine rings is 1. The Morgan fingerprint density at radius 3 is 2.52 bits per heavy atom. The van der Waals surface area contributed by atoms with Gasteiger partial charge in [-0.3, -0.25) is 9.78 Å². The molecule has 0 fully saturated rings. The first-order valence-electron chi connectivity index (χ1n) is 8.12. The molecule has 6 heteroatoms. The number of carbonyl (C=O) groups excluding carboxylic acids is 2. The number of hydrogen-bond acceptors (Lipinski definition) is 5. The van der Waals surface area contributed by atoms with Crippen molar-refractivity contribution in [1.29, 1.82) is 0 Å². The number of carbonyl (C=O) groups is 2. The number of benzene rings is 1. The maximum Gasteiger partial charge on any atom is 0.339 e. The summed E-state index contributed by atoms with van der Waals surface area (Å²) in [6.45, 7) is 1.01. The summed E-state index contributed by atoms with van der Waals surface area (Å²) in [6, 6.07) is 7.55. The summed E-state index contributed by atoms with van der Waals surface area (Å²) >= 11 is 0. The van der Waals surface area contributed by atoms with E-state index in [4.69, 9.17) is 4.74 Å². The lowest BCUT2D eigenvalue weighted by Crippen LogP contribution is -2.36. The molecule has 130 valence electrons. The van der Waals surface area contributed by atoms with Crippen LogP contribution in [0.1, 0.15) is 31.8 Å². The van der Waals surface area contributed by atoms with E-state index in [1.165, 1.54) is 13.3 Å². The number of hydrogen-bond donors (Lipinski definition) is 0. The molecular weight excluding hydrogens is 318 g/mol. The third kappa shape index (κ3) is 3.33. The largest absolute Gasteiger partial charge is 0.465 e. The molecule has 0 aliphatic carbocycles. The molecule has 3 rings (SSSR count). The van der Waals surface area contributed by atoms with Crippen molar-refractivity contribution in [3.63, 3.8) is 0 Å². The molecule has 0 unspecified atom stereocenters. The number of aromatic nitrogens is 1. The Hall–Kier alpha value is -2.89. The molecule has 0 spiro atoms. The van der Waals surface area contributed by atoms with Crippen molar-refractivity contribution < 1.29 is 14.3 Å². The number of ether oxygens (including phenoxy) is 1. The molecule has 25 heavy (non-hydrogen) atoms. The van der Waals surface area contributed by atoms with Gasteiger partial charge in [-0.05, 0) is 41.8 Å². The molecule has 1 aromatic carbocycles. The highest BCUT2D eigenvalue weighted by Gasteiger charge is 2.25. The van der Waals surface area contributed by atoms with Gasteiger partial charge in [0, 0.05) is 50.8 Å². The molecule has 2 aromatic rings. The molecule has 1 aliphatic rings. The topological polar surface area (TPSA) is 62.7 Å². The first kappa shape index (κ1) is 17.0. The summed E-state index contributed by atoms with van der Waals surface area (Å²) in [5.41, 5.74) is 4.02. The minimum atomic E-state index is -0.386. The molecule has 2 heterocycles. The van der Waals surface area contributed by atoms with Crippen LogP contribution in [0.25, 0.3) is 0 Å². The Labute approximate surface area is 147 Å². The van der Waals surface area contributed by atoms with Crippen molar-refractivity contribution in [2.45, 2.75) is 13.0 Å². The summed E-state index contributed by atoms with van der Waals surface area (Å²) in [7, 11) is 5.28. The normalized spacial score (nSPS) is 13.2. The molecule has 6 nitrogen and oxygen atoms in total. The van der Waals surface area contributed by atoms with Gasteiger partial charge in [-0.25, -0.2) is 4.79 Å². The number of esters is 1. The highest BCUT2D eigenvalue weighted by atomic mass is 16.5. The Balaban J connectivity index is 1.80. The van der Waals surface area contributed by atoms with Crippen molar-refractivity contribution in [1.82, 2.24) is 9.88 Å². The van der Waals surface area contributed by atoms with Gasteiger partial charge in [0.05, 0.1) is 12.7 Å². The third-order valence-corrected chi connectivity index (χ3v) is 4.46. The van der Waals surface area contributed by atoms with E-state index in [-0.39, 0.29) is 11.9 Å². The highest BCUT2D eigenvalue weighted by molar-refractivity contribution is 5.95. The smallest absolute Gasteiger partial charge is 0.339 e. The van der Waals surface area contributed by atoms with Crippen molar-refractivity contribution in [3.05, 3.63) is 58.9 Å². The molecule has 0 radical (unpaired) electrons. The van der Waals surface area contributed by atoms with Gasteiger partial charge in [0.15, 0.2) is 0 Å². The first-order valence-corrected chi connectivity index (χ1v) is 8.12. The van der Waals surface area contributed by atoms with Gasteiger partial charge in [-0.1, -0.05) is 0 Å². The second kappa shape index (κ2) is 6.93. The van der Waals surface area contributed by atoms with E-state index in [2.05, 4.69) is 4.98 Å². The molecule has 0 saturated carbocycles. The Morgan fingerprint density at radius 1 is 1.16 bits per heavy atom. The van der Waals surface area contributed by atoms with Gasteiger partial charge in [-0.15, -0.1) is 0 Å². The Morgan fingerprint density at radius 2 is 1.88 bits per heavy atom. The van der Waals surface area contributed by atoms with Crippen LogP contribution >= 0.6 is 0 Å². The summed E-state index contributed by atoms with van der Waals surface area (Å²) in [5, 5.41) is 0. The van der Waals surface area contributed by atoms with Gasteiger partial charge in [0.2, 0.25) is 0 Å². The van der Waals surface area contributed by atoms with Gasteiger partial charge < -0.3 is 14.5 Å². The van der Waals surface area contributed by atoms with Crippen LogP contribution in [0.2, 0.25) is 0 Å². The fraction of sp³-hybridized carbons (Fsp3) is 0.316. The van der Waals surface area contributed by atoms with Crippen LogP contribution < -0.4 is 4.90 Å². The van der Waals surface area contributed by atoms with Gasteiger partial charge in [0.1, 0.15) is 0 Å². The summed E-state index contributed by atoms with van der Waals surface area (Å²) in [5.74, 6) is -0.400. The van der Waals surface area contributed by atoms with Crippen molar-refractivity contribution in [2.24, 2.45) is 0 Å². The standard InChI is InChI=1S/C19H21N3O3/c1-21(2)15-6-4-13(5-7-15)18(23)22-9-8-16-14(12-22)10-20-11-17(16)19(24)25-3/h4-7,10-11H,8-9,12H2,1-3H3. The Kier molecular flexibility index (Phi) is 4.70. The van der Waals surface area contributed by atoms with E-state index in [9.17, 15) is 9.59 Å². The number of anilines is 1. The molecule has 0 N–H and O–H groups in total. The van der Waals surface area contributed by atoms with Crippen LogP contribution in [-0.2, 0) is 17.7 Å². The number of methoxy groups -OCH3 is 1. The van der Waals surface area contributed by atoms with Gasteiger partial charge in [-0.2, -0.15) is 0 Å². The molecule has 0 saturated heterocycles. The molecule has 1 amide bonds. The molecule has 0 bridgehead atoms. The van der Waals surface area contributed by atoms with Crippen molar-refractivity contribution >= 4 is 17.6 Å². The molecule has 0 atom stereocenters. The minimum absolute atomic E-state index is 0.0144. The zero-order chi connectivity index (χ0) is 18.0. The lowest BCUT2D eigenvalue weighted by atomic mass is 9.96. The summed E-state index contributed by atoms with van der Waals surface area (Å²) < 4.78 is 4.81. The number of amides is 1. The van der Waals surface area contributed by atoms with Crippen molar-refractivity contribution in [3.8, 4) is 0 Å². The molecular formula is C19H21N3O3. The second-order valence-corrected chi connectivity index (χ2v) is 6.23. The second-order valence-electron chi connectivity index (χ2n) is 6.23. The zero-order valence-electron chi connectivity index (χ0n) is 14.7. The van der Waals surface area contributed by atoms with Crippen LogP contribution in [-0.4, -0.2) is 49.5 Å². The lowest BCUT2D eigenvalue weighted by molar-refractivity contribution is 0.0598. The predicted molar refractivity (Wildman–Crippen MR) is 94.8 cm³/mol. The van der Waals surface area contributed by atoms with Crippen LogP contribution in [0.5, 0.6) is 0 Å². The van der Waals surface area contributed by atoms with Gasteiger partial charge >= 0.3 is 5.97 Å². The van der Waals surface area contributed by atoms with E-state index in [0.717, 1.165) is 16.8 Å². The maximum atomic E-state index is 12.8. The fourth-order valence-corrected chi connectivity index (χ4v) is 3.04. The molecule has 1 aromatic heterocycles. The number of rotatable bonds is 3. The number of nitrogens with zero attached hydrogens (tertiary/aromatic N) is 3. The first-order chi connectivity index (χ1) is 12.0. The quantitative estimate of drug-likeness (QED) is 0.802. The van der Waals surface area contributed by atoms with Crippen LogP contribution in [0.3, 0.4) is 0 Å². The average molecular weight is 339 g/mol. The fourth-order valence-electron chi connectivity index (χ4n) is 3.04. The predicted octanol–water partition coefficient (Wildman–Crippen LogP) is 2.13. The Bertz CT molecular complexity index is 800. The van der Waals surface area contributed by atoms with Crippen LogP contribution in [0, 0.1) is 0 Å². The average Bonchev–Trinajstić information content (AvgIpc) is 2.65. The minimum Gasteiger partial charge on any atom is -0.465 e. The van der Waals surface area contributed by atoms with E-state index >= 15 is 0 Å². The lowest BCUT2D eigenvalue weighted by Gasteiger charge is -2.29. The molecule has 1 aliphatic heterocycles. The highest BCUT2D eigenvalue weighted by Crippen LogP contribution is 2.24. The van der Waals surface area contributed by atoms with Gasteiger partial charge in [0.25, 0.3) is 5.91 Å². The van der Waals surface area contributed by atoms with E-state index in [0.29, 0.717) is 30.6 Å². The van der Waals surface area contributed by atoms with E-state index in [1.807, 2.05) is 43.3 Å². The summed E-state index contributed by atoms with van der Waals surface area (Å²) in [4.78, 5) is 32.5. The third-order valence-electron chi connectivity index (χ3n) is 4.46. The zero-order valence-corrected chi connectivity index (χ0v) is 14.7.